The van der Waals surface area contributed by atoms with Crippen LogP contribution in [0.1, 0.15) is 57.2 Å². The SMILES string of the molecule is CC(C)(C)OC(=O)N1CCCC[C@@H]1c1ccc(OCc2ccccc2)nc1. The van der Waals surface area contributed by atoms with Crippen LogP contribution in [-0.2, 0) is 11.3 Å². The van der Waals surface area contributed by atoms with Crippen LogP contribution in [0.2, 0.25) is 0 Å². The van der Waals surface area contributed by atoms with Gasteiger partial charge in [0.05, 0.1) is 6.04 Å². The van der Waals surface area contributed by atoms with Crippen molar-refractivity contribution in [1.82, 2.24) is 9.88 Å². The maximum absolute atomic E-state index is 12.6. The van der Waals surface area contributed by atoms with E-state index in [1.165, 1.54) is 0 Å². The Bertz CT molecular complexity index is 738. The van der Waals surface area contributed by atoms with Crippen molar-refractivity contribution in [2.75, 3.05) is 6.54 Å². The zero-order valence-electron chi connectivity index (χ0n) is 16.4. The van der Waals surface area contributed by atoms with Gasteiger partial charge in [-0.1, -0.05) is 36.4 Å². The first-order valence-corrected chi connectivity index (χ1v) is 9.55. The highest BCUT2D eigenvalue weighted by Crippen LogP contribution is 2.32. The van der Waals surface area contributed by atoms with Gasteiger partial charge in [-0.25, -0.2) is 9.78 Å². The highest BCUT2D eigenvalue weighted by atomic mass is 16.6. The lowest BCUT2D eigenvalue weighted by Gasteiger charge is -2.36. The van der Waals surface area contributed by atoms with Crippen LogP contribution >= 0.6 is 0 Å². The molecule has 3 rings (SSSR count). The van der Waals surface area contributed by atoms with Crippen LogP contribution in [-0.4, -0.2) is 28.1 Å². The van der Waals surface area contributed by atoms with Crippen LogP contribution in [0.4, 0.5) is 4.79 Å². The maximum atomic E-state index is 12.6. The van der Waals surface area contributed by atoms with Crippen molar-refractivity contribution in [3.63, 3.8) is 0 Å². The molecular weight excluding hydrogens is 340 g/mol. The Balaban J connectivity index is 1.66. The zero-order valence-corrected chi connectivity index (χ0v) is 16.4. The second-order valence-corrected chi connectivity index (χ2v) is 7.89. The highest BCUT2D eigenvalue weighted by Gasteiger charge is 2.31. The lowest BCUT2D eigenvalue weighted by molar-refractivity contribution is 0.00947. The van der Waals surface area contributed by atoms with E-state index in [1.54, 1.807) is 0 Å². The van der Waals surface area contributed by atoms with Gasteiger partial charge in [0.1, 0.15) is 12.2 Å². The number of carbonyl (C=O) groups excluding carboxylic acids is 1. The van der Waals surface area contributed by atoms with Crippen LogP contribution in [0.5, 0.6) is 5.88 Å². The third-order valence-electron chi connectivity index (χ3n) is 4.50. The third kappa shape index (κ3) is 5.46. The van der Waals surface area contributed by atoms with Crippen LogP contribution in [0, 0.1) is 0 Å². The minimum Gasteiger partial charge on any atom is -0.473 e. The molecule has 2 heterocycles. The van der Waals surface area contributed by atoms with E-state index in [-0.39, 0.29) is 12.1 Å². The number of aromatic nitrogens is 1. The Hall–Kier alpha value is -2.56. The van der Waals surface area contributed by atoms with Gasteiger partial charge in [0, 0.05) is 18.8 Å². The molecule has 1 aromatic carbocycles. The van der Waals surface area contributed by atoms with Gasteiger partial charge in [-0.05, 0) is 51.2 Å². The predicted molar refractivity (Wildman–Crippen MR) is 105 cm³/mol. The lowest BCUT2D eigenvalue weighted by atomic mass is 9.97. The van der Waals surface area contributed by atoms with Gasteiger partial charge < -0.3 is 14.4 Å². The molecule has 5 nitrogen and oxygen atoms in total. The smallest absolute Gasteiger partial charge is 0.410 e. The Morgan fingerprint density at radius 2 is 1.93 bits per heavy atom. The summed E-state index contributed by atoms with van der Waals surface area (Å²) in [7, 11) is 0. The number of hydrogen-bond acceptors (Lipinski definition) is 4. The number of nitrogens with zero attached hydrogens (tertiary/aromatic N) is 2. The zero-order chi connectivity index (χ0) is 19.3. The fourth-order valence-electron chi connectivity index (χ4n) is 3.22. The summed E-state index contributed by atoms with van der Waals surface area (Å²) in [6, 6.07) is 13.9. The molecule has 144 valence electrons. The van der Waals surface area contributed by atoms with Crippen molar-refractivity contribution in [3.8, 4) is 5.88 Å². The summed E-state index contributed by atoms with van der Waals surface area (Å²) < 4.78 is 11.3. The van der Waals surface area contributed by atoms with Gasteiger partial charge >= 0.3 is 6.09 Å². The molecule has 0 saturated carbocycles. The third-order valence-corrected chi connectivity index (χ3v) is 4.50. The van der Waals surface area contributed by atoms with Crippen LogP contribution in [0.25, 0.3) is 0 Å². The number of pyridine rings is 1. The summed E-state index contributed by atoms with van der Waals surface area (Å²) >= 11 is 0. The van der Waals surface area contributed by atoms with Crippen molar-refractivity contribution in [2.45, 2.75) is 58.3 Å². The molecule has 0 N–H and O–H groups in total. The topological polar surface area (TPSA) is 51.7 Å². The highest BCUT2D eigenvalue weighted by molar-refractivity contribution is 5.69. The molecule has 0 spiro atoms. The molecule has 0 aliphatic carbocycles. The van der Waals surface area contributed by atoms with Crippen LogP contribution in [0.15, 0.2) is 48.7 Å². The Morgan fingerprint density at radius 3 is 2.59 bits per heavy atom. The van der Waals surface area contributed by atoms with Gasteiger partial charge in [0.15, 0.2) is 0 Å². The maximum Gasteiger partial charge on any atom is 0.410 e. The van der Waals surface area contributed by atoms with Gasteiger partial charge in [-0.2, -0.15) is 0 Å². The Morgan fingerprint density at radius 1 is 1.15 bits per heavy atom. The molecule has 0 unspecified atom stereocenters. The largest absolute Gasteiger partial charge is 0.473 e. The molecule has 1 saturated heterocycles. The van der Waals surface area contributed by atoms with Crippen molar-refractivity contribution in [3.05, 3.63) is 59.8 Å². The molecule has 1 atom stereocenters. The molecule has 1 aromatic heterocycles. The molecule has 0 bridgehead atoms. The van der Waals surface area contributed by atoms with Crippen molar-refractivity contribution < 1.29 is 14.3 Å². The minimum atomic E-state index is -0.494. The van der Waals surface area contributed by atoms with Crippen LogP contribution in [0.3, 0.4) is 0 Å². The molecule has 2 aromatic rings. The van der Waals surface area contributed by atoms with Gasteiger partial charge in [-0.3, -0.25) is 0 Å². The minimum absolute atomic E-state index is 0.00396. The van der Waals surface area contributed by atoms with E-state index in [2.05, 4.69) is 4.98 Å². The molecular formula is C22H28N2O3. The molecule has 27 heavy (non-hydrogen) atoms. The van der Waals surface area contributed by atoms with E-state index in [1.807, 2.05) is 74.3 Å². The van der Waals surface area contributed by atoms with Crippen LogP contribution < -0.4 is 4.74 Å². The fourth-order valence-corrected chi connectivity index (χ4v) is 3.22. The summed E-state index contributed by atoms with van der Waals surface area (Å²) in [5, 5.41) is 0. The summed E-state index contributed by atoms with van der Waals surface area (Å²) in [6.45, 7) is 6.88. The number of piperidine rings is 1. The van der Waals surface area contributed by atoms with Crippen molar-refractivity contribution in [2.24, 2.45) is 0 Å². The van der Waals surface area contributed by atoms with E-state index < -0.39 is 5.60 Å². The summed E-state index contributed by atoms with van der Waals surface area (Å²) in [5.74, 6) is 0.585. The van der Waals surface area contributed by atoms with E-state index in [0.717, 1.165) is 30.4 Å². The number of ether oxygens (including phenoxy) is 2. The first kappa shape index (κ1) is 19.2. The monoisotopic (exact) mass is 368 g/mol. The molecule has 1 amide bonds. The van der Waals surface area contributed by atoms with Gasteiger partial charge in [-0.15, -0.1) is 0 Å². The second-order valence-electron chi connectivity index (χ2n) is 7.89. The predicted octanol–water partition coefficient (Wildman–Crippen LogP) is 5.12. The number of benzene rings is 1. The first-order chi connectivity index (χ1) is 12.9. The lowest BCUT2D eigenvalue weighted by Crippen LogP contribution is -2.41. The van der Waals surface area contributed by atoms with Gasteiger partial charge in [0.25, 0.3) is 0 Å². The number of amides is 1. The number of rotatable bonds is 4. The summed E-state index contributed by atoms with van der Waals surface area (Å²) in [5.41, 5.74) is 1.63. The van der Waals surface area contributed by atoms with E-state index in [0.29, 0.717) is 19.0 Å². The first-order valence-electron chi connectivity index (χ1n) is 9.55. The normalized spacial score (nSPS) is 17.4. The molecule has 5 heteroatoms. The van der Waals surface area contributed by atoms with Crippen molar-refractivity contribution in [1.29, 1.82) is 0 Å². The molecule has 1 aliphatic heterocycles. The Kier molecular flexibility index (Phi) is 5.99. The molecule has 1 fully saturated rings. The average molecular weight is 368 g/mol. The number of likely N-dealkylation sites (tertiary alicyclic amines) is 1. The quantitative estimate of drug-likeness (QED) is 0.751. The van der Waals surface area contributed by atoms with E-state index >= 15 is 0 Å². The standard InChI is InChI=1S/C22H28N2O3/c1-22(2,3)27-21(25)24-14-8-7-11-19(24)18-12-13-20(23-15-18)26-16-17-9-5-4-6-10-17/h4-6,9-10,12-13,15,19H,7-8,11,14,16H2,1-3H3/t19-/m1/s1. The Labute approximate surface area is 161 Å². The molecule has 0 radical (unpaired) electrons. The summed E-state index contributed by atoms with van der Waals surface area (Å²) in [4.78, 5) is 18.8. The number of carbonyl (C=O) groups is 1. The number of hydrogen-bond donors (Lipinski definition) is 0. The van der Waals surface area contributed by atoms with E-state index in [4.69, 9.17) is 9.47 Å². The van der Waals surface area contributed by atoms with E-state index in [9.17, 15) is 4.79 Å². The van der Waals surface area contributed by atoms with Gasteiger partial charge in [0.2, 0.25) is 5.88 Å². The second kappa shape index (κ2) is 8.42. The molecule has 1 aliphatic rings. The average Bonchev–Trinajstić information content (AvgIpc) is 2.66. The van der Waals surface area contributed by atoms with Crippen molar-refractivity contribution >= 4 is 6.09 Å². The fraction of sp³-hybridized carbons (Fsp3) is 0.455. The summed E-state index contributed by atoms with van der Waals surface area (Å²) in [6.07, 6.45) is 4.58.